The van der Waals surface area contributed by atoms with Crippen LogP contribution in [0.5, 0.6) is 0 Å². The van der Waals surface area contributed by atoms with Crippen LogP contribution in [-0.4, -0.2) is 15.9 Å². The fourth-order valence-electron chi connectivity index (χ4n) is 2.62. The second kappa shape index (κ2) is 7.60. The number of para-hydroxylation sites is 1. The Morgan fingerprint density at radius 2 is 1.96 bits per heavy atom. The number of fused-ring (bicyclic) bond motifs is 1. The molecule has 0 unspecified atom stereocenters. The minimum atomic E-state index is -0.117. The van der Waals surface area contributed by atoms with Gasteiger partial charge in [0.05, 0.1) is 21.6 Å². The number of anilines is 2. The standard InChI is InChI=1S/C20H14ClN3OS2/c1-13(25)24(16-6-4-5-14(21)11-16)20-22-15(12-26-20)9-10-19-23-17-7-2-3-8-18(17)27-19/h2-12H,1H3/b10-9+. The number of halogens is 1. The van der Waals surface area contributed by atoms with Crippen molar-refractivity contribution in [2.75, 3.05) is 4.90 Å². The van der Waals surface area contributed by atoms with Crippen molar-refractivity contribution >= 4 is 73.4 Å². The molecular weight excluding hydrogens is 398 g/mol. The summed E-state index contributed by atoms with van der Waals surface area (Å²) in [4.78, 5) is 22.9. The molecule has 4 nitrogen and oxygen atoms in total. The molecule has 0 aliphatic carbocycles. The zero-order valence-corrected chi connectivity index (χ0v) is 16.7. The molecule has 7 heteroatoms. The Bertz CT molecular complexity index is 1120. The molecule has 0 spiro atoms. The van der Waals surface area contributed by atoms with E-state index in [0.717, 1.165) is 20.9 Å². The van der Waals surface area contributed by atoms with E-state index in [4.69, 9.17) is 11.6 Å². The highest BCUT2D eigenvalue weighted by atomic mass is 35.5. The molecule has 134 valence electrons. The second-order valence-electron chi connectivity index (χ2n) is 5.74. The molecule has 0 fully saturated rings. The van der Waals surface area contributed by atoms with Crippen molar-refractivity contribution in [2.45, 2.75) is 6.92 Å². The van der Waals surface area contributed by atoms with Gasteiger partial charge >= 0.3 is 0 Å². The van der Waals surface area contributed by atoms with E-state index in [1.54, 1.807) is 28.4 Å². The predicted molar refractivity (Wildman–Crippen MR) is 115 cm³/mol. The largest absolute Gasteiger partial charge is 0.274 e. The van der Waals surface area contributed by atoms with Gasteiger partial charge in [0.15, 0.2) is 5.13 Å². The van der Waals surface area contributed by atoms with Gasteiger partial charge in [0.25, 0.3) is 0 Å². The molecule has 0 atom stereocenters. The summed E-state index contributed by atoms with van der Waals surface area (Å²) in [5.41, 5.74) is 2.47. The Balaban J connectivity index is 1.60. The van der Waals surface area contributed by atoms with Crippen LogP contribution in [0.25, 0.3) is 22.4 Å². The minimum absolute atomic E-state index is 0.117. The van der Waals surface area contributed by atoms with Crippen molar-refractivity contribution in [1.82, 2.24) is 9.97 Å². The summed E-state index contributed by atoms with van der Waals surface area (Å²) in [5.74, 6) is -0.117. The van der Waals surface area contributed by atoms with Crippen LogP contribution in [0, 0.1) is 0 Å². The summed E-state index contributed by atoms with van der Waals surface area (Å²) in [7, 11) is 0. The van der Waals surface area contributed by atoms with Crippen LogP contribution in [-0.2, 0) is 4.79 Å². The van der Waals surface area contributed by atoms with E-state index in [-0.39, 0.29) is 5.91 Å². The number of benzene rings is 2. The lowest BCUT2D eigenvalue weighted by molar-refractivity contribution is -0.115. The molecule has 0 N–H and O–H groups in total. The Labute approximate surface area is 169 Å². The molecule has 2 aromatic heterocycles. The fourth-order valence-corrected chi connectivity index (χ4v) is 4.53. The third kappa shape index (κ3) is 3.93. The van der Waals surface area contributed by atoms with Gasteiger partial charge in [0.2, 0.25) is 5.91 Å². The Hall–Kier alpha value is -2.54. The van der Waals surface area contributed by atoms with Crippen molar-refractivity contribution in [3.63, 3.8) is 0 Å². The highest BCUT2D eigenvalue weighted by molar-refractivity contribution is 7.19. The van der Waals surface area contributed by atoms with E-state index < -0.39 is 0 Å². The van der Waals surface area contributed by atoms with Crippen LogP contribution >= 0.6 is 34.3 Å². The average molecular weight is 412 g/mol. The Morgan fingerprint density at radius 1 is 1.11 bits per heavy atom. The smallest absolute Gasteiger partial charge is 0.230 e. The monoisotopic (exact) mass is 411 g/mol. The lowest BCUT2D eigenvalue weighted by Gasteiger charge is -2.18. The first-order chi connectivity index (χ1) is 13.1. The van der Waals surface area contributed by atoms with Gasteiger partial charge in [-0.2, -0.15) is 0 Å². The zero-order valence-electron chi connectivity index (χ0n) is 14.3. The maximum Gasteiger partial charge on any atom is 0.230 e. The van der Waals surface area contributed by atoms with Gasteiger partial charge in [-0.3, -0.25) is 9.69 Å². The van der Waals surface area contributed by atoms with Crippen LogP contribution < -0.4 is 4.90 Å². The molecule has 0 radical (unpaired) electrons. The maximum absolute atomic E-state index is 12.2. The summed E-state index contributed by atoms with van der Waals surface area (Å²) >= 11 is 9.11. The van der Waals surface area contributed by atoms with Crippen LogP contribution in [0.4, 0.5) is 10.8 Å². The summed E-state index contributed by atoms with van der Waals surface area (Å²) < 4.78 is 1.15. The maximum atomic E-state index is 12.2. The molecule has 0 aliphatic rings. The average Bonchev–Trinajstić information content (AvgIpc) is 3.26. The number of hydrogen-bond acceptors (Lipinski definition) is 5. The Morgan fingerprint density at radius 3 is 2.74 bits per heavy atom. The van der Waals surface area contributed by atoms with Crippen molar-refractivity contribution in [3.05, 3.63) is 69.6 Å². The van der Waals surface area contributed by atoms with E-state index in [2.05, 4.69) is 16.0 Å². The number of carbonyl (C=O) groups is 1. The fraction of sp³-hybridized carbons (Fsp3) is 0.0500. The molecule has 4 rings (SSSR count). The van der Waals surface area contributed by atoms with Crippen molar-refractivity contribution < 1.29 is 4.79 Å². The van der Waals surface area contributed by atoms with Gasteiger partial charge < -0.3 is 0 Å². The van der Waals surface area contributed by atoms with Gasteiger partial charge in [-0.15, -0.1) is 22.7 Å². The summed E-state index contributed by atoms with van der Waals surface area (Å²) in [6.07, 6.45) is 3.86. The number of nitrogens with zero attached hydrogens (tertiary/aromatic N) is 3. The summed E-state index contributed by atoms with van der Waals surface area (Å²) in [5, 5.41) is 4.02. The van der Waals surface area contributed by atoms with Crippen LogP contribution in [0.1, 0.15) is 17.6 Å². The molecule has 27 heavy (non-hydrogen) atoms. The molecule has 0 aliphatic heterocycles. The number of amides is 1. The first-order valence-corrected chi connectivity index (χ1v) is 10.2. The molecule has 0 bridgehead atoms. The number of rotatable bonds is 4. The molecule has 2 heterocycles. The first kappa shape index (κ1) is 17.9. The van der Waals surface area contributed by atoms with Gasteiger partial charge in [0.1, 0.15) is 5.01 Å². The van der Waals surface area contributed by atoms with Crippen molar-refractivity contribution in [3.8, 4) is 0 Å². The lowest BCUT2D eigenvalue weighted by Crippen LogP contribution is -2.22. The minimum Gasteiger partial charge on any atom is -0.274 e. The molecule has 2 aromatic carbocycles. The number of aromatic nitrogens is 2. The Kier molecular flexibility index (Phi) is 5.03. The van der Waals surface area contributed by atoms with E-state index in [0.29, 0.717) is 15.8 Å². The van der Waals surface area contributed by atoms with Gasteiger partial charge in [-0.05, 0) is 42.5 Å². The highest BCUT2D eigenvalue weighted by Gasteiger charge is 2.17. The van der Waals surface area contributed by atoms with E-state index in [1.165, 1.54) is 18.3 Å². The predicted octanol–water partition coefficient (Wildman–Crippen LogP) is 6.26. The van der Waals surface area contributed by atoms with Gasteiger partial charge in [-0.25, -0.2) is 9.97 Å². The quantitative estimate of drug-likeness (QED) is 0.398. The van der Waals surface area contributed by atoms with E-state index in [9.17, 15) is 4.79 Å². The third-order valence-corrected chi connectivity index (χ3v) is 5.87. The van der Waals surface area contributed by atoms with Gasteiger partial charge in [-0.1, -0.05) is 29.8 Å². The molecule has 1 amide bonds. The van der Waals surface area contributed by atoms with Crippen molar-refractivity contribution in [2.24, 2.45) is 0 Å². The van der Waals surface area contributed by atoms with Crippen LogP contribution in [0.15, 0.2) is 53.9 Å². The zero-order chi connectivity index (χ0) is 18.8. The third-order valence-electron chi connectivity index (χ3n) is 3.79. The molecule has 4 aromatic rings. The van der Waals surface area contributed by atoms with E-state index in [1.807, 2.05) is 47.9 Å². The lowest BCUT2D eigenvalue weighted by atomic mass is 10.3. The SMILES string of the molecule is CC(=O)N(c1cccc(Cl)c1)c1nc(/C=C/c2nc3ccccc3s2)cs1. The second-order valence-corrected chi connectivity index (χ2v) is 8.08. The van der Waals surface area contributed by atoms with Crippen LogP contribution in [0.2, 0.25) is 5.02 Å². The molecule has 0 saturated carbocycles. The first-order valence-electron chi connectivity index (χ1n) is 8.15. The summed E-state index contributed by atoms with van der Waals surface area (Å²) in [6, 6.07) is 15.2. The number of carbonyl (C=O) groups excluding carboxylic acids is 1. The molecular formula is C20H14ClN3OS2. The highest BCUT2D eigenvalue weighted by Crippen LogP contribution is 2.31. The van der Waals surface area contributed by atoms with Crippen molar-refractivity contribution in [1.29, 1.82) is 0 Å². The van der Waals surface area contributed by atoms with E-state index >= 15 is 0 Å². The summed E-state index contributed by atoms with van der Waals surface area (Å²) in [6.45, 7) is 1.51. The van der Waals surface area contributed by atoms with Gasteiger partial charge in [0, 0.05) is 17.3 Å². The topological polar surface area (TPSA) is 46.1 Å². The number of thiazole rings is 2. The normalized spacial score (nSPS) is 11.3. The number of hydrogen-bond donors (Lipinski definition) is 0. The molecule has 0 saturated heterocycles. The van der Waals surface area contributed by atoms with Crippen LogP contribution in [0.3, 0.4) is 0 Å².